The summed E-state index contributed by atoms with van der Waals surface area (Å²) < 4.78 is 58.0. The van der Waals surface area contributed by atoms with Gasteiger partial charge in [0.2, 0.25) is 5.91 Å². The van der Waals surface area contributed by atoms with E-state index in [2.05, 4.69) is 5.32 Å². The summed E-state index contributed by atoms with van der Waals surface area (Å²) in [6.07, 6.45) is -3.39. The first-order chi connectivity index (χ1) is 11.5. The lowest BCUT2D eigenvalue weighted by Crippen LogP contribution is -2.81. The van der Waals surface area contributed by atoms with Crippen molar-refractivity contribution >= 4 is 24.0 Å². The molecule has 1 saturated heterocycles. The fourth-order valence-corrected chi connectivity index (χ4v) is 4.06. The quantitative estimate of drug-likeness (QED) is 0.748. The predicted molar refractivity (Wildman–Crippen MR) is 90.4 cm³/mol. The van der Waals surface area contributed by atoms with Gasteiger partial charge in [0, 0.05) is 17.9 Å². The summed E-state index contributed by atoms with van der Waals surface area (Å²) in [5.41, 5.74) is 2.75. The molecule has 0 radical (unpaired) electrons. The van der Waals surface area contributed by atoms with Gasteiger partial charge in [0.25, 0.3) is 0 Å². The van der Waals surface area contributed by atoms with Crippen LogP contribution in [0.4, 0.5) is 23.2 Å². The highest BCUT2D eigenvalue weighted by Crippen LogP contribution is 2.57. The highest BCUT2D eigenvalue weighted by molar-refractivity contribution is 6.00. The van der Waals surface area contributed by atoms with Gasteiger partial charge in [0.15, 0.2) is 0 Å². The molecule has 26 heavy (non-hydrogen) atoms. The maximum Gasteiger partial charge on any atom is 0.416 e. The van der Waals surface area contributed by atoms with Crippen molar-refractivity contribution in [2.24, 2.45) is 17.1 Å². The van der Waals surface area contributed by atoms with E-state index in [0.717, 1.165) is 6.42 Å². The third-order valence-electron chi connectivity index (χ3n) is 5.60. The van der Waals surface area contributed by atoms with Crippen molar-refractivity contribution in [2.45, 2.75) is 44.5 Å². The monoisotopic (exact) mass is 396 g/mol. The van der Waals surface area contributed by atoms with Crippen LogP contribution >= 0.6 is 12.4 Å². The van der Waals surface area contributed by atoms with E-state index in [-0.39, 0.29) is 24.4 Å². The van der Waals surface area contributed by atoms with Crippen LogP contribution in [0, 0.1) is 17.2 Å². The number of anilines is 1. The standard InChI is InChI=1S/C17H20F4N2O2.ClH/c1-15(2)13-10(4-3-7-25-13)16(15,22)14(24)23-12-8-9(17(19,20)21)5-6-11(12)18;/h5-6,8,10,13H,3-4,7,22H2,1-2H3,(H,23,24);1H. The van der Waals surface area contributed by atoms with Gasteiger partial charge in [0.1, 0.15) is 11.4 Å². The smallest absolute Gasteiger partial charge is 0.377 e. The Balaban J connectivity index is 0.00000243. The Hall–Kier alpha value is -1.38. The molecule has 1 aromatic rings. The molecule has 3 unspecified atom stereocenters. The third-order valence-corrected chi connectivity index (χ3v) is 5.60. The van der Waals surface area contributed by atoms with E-state index < -0.39 is 40.1 Å². The van der Waals surface area contributed by atoms with Gasteiger partial charge in [-0.15, -0.1) is 12.4 Å². The Morgan fingerprint density at radius 2 is 2.00 bits per heavy atom. The lowest BCUT2D eigenvalue weighted by atomic mass is 9.46. The minimum absolute atomic E-state index is 0. The van der Waals surface area contributed by atoms with Gasteiger partial charge in [-0.1, -0.05) is 13.8 Å². The van der Waals surface area contributed by atoms with Crippen molar-refractivity contribution in [3.8, 4) is 0 Å². The Morgan fingerprint density at radius 1 is 1.35 bits per heavy atom. The number of hydrogen-bond acceptors (Lipinski definition) is 3. The molecule has 3 rings (SSSR count). The van der Waals surface area contributed by atoms with Crippen LogP contribution in [0.2, 0.25) is 0 Å². The molecule has 1 heterocycles. The van der Waals surface area contributed by atoms with Gasteiger partial charge in [-0.3, -0.25) is 4.79 Å². The zero-order valence-corrected chi connectivity index (χ0v) is 15.1. The van der Waals surface area contributed by atoms with E-state index in [4.69, 9.17) is 10.5 Å². The fraction of sp³-hybridized carbons (Fsp3) is 0.588. The van der Waals surface area contributed by atoms with E-state index in [1.165, 1.54) is 0 Å². The number of nitrogens with two attached hydrogens (primary N) is 1. The maximum atomic E-state index is 13.9. The molecule has 2 aliphatic rings. The zero-order valence-electron chi connectivity index (χ0n) is 14.3. The normalized spacial score (nSPS) is 29.8. The molecule has 0 bridgehead atoms. The van der Waals surface area contributed by atoms with Crippen molar-refractivity contribution in [2.75, 3.05) is 11.9 Å². The number of ether oxygens (including phenoxy) is 1. The molecule has 4 nitrogen and oxygen atoms in total. The van der Waals surface area contributed by atoms with Gasteiger partial charge < -0.3 is 15.8 Å². The molecule has 0 aromatic heterocycles. The summed E-state index contributed by atoms with van der Waals surface area (Å²) in [6, 6.07) is 1.89. The largest absolute Gasteiger partial charge is 0.416 e. The van der Waals surface area contributed by atoms with E-state index in [9.17, 15) is 22.4 Å². The highest BCUT2D eigenvalue weighted by atomic mass is 35.5. The summed E-state index contributed by atoms with van der Waals surface area (Å²) in [7, 11) is 0. The fourth-order valence-electron chi connectivity index (χ4n) is 4.06. The molecule has 1 aromatic carbocycles. The summed E-state index contributed by atoms with van der Waals surface area (Å²) >= 11 is 0. The Kier molecular flexibility index (Phi) is 5.35. The lowest BCUT2D eigenvalue weighted by molar-refractivity contribution is -0.222. The van der Waals surface area contributed by atoms with E-state index in [1.807, 2.05) is 0 Å². The zero-order chi connectivity index (χ0) is 18.6. The summed E-state index contributed by atoms with van der Waals surface area (Å²) in [6.45, 7) is 4.15. The molecule has 1 aliphatic carbocycles. The Morgan fingerprint density at radius 3 is 2.62 bits per heavy atom. The van der Waals surface area contributed by atoms with Crippen LogP contribution in [0.3, 0.4) is 0 Å². The van der Waals surface area contributed by atoms with Crippen LogP contribution in [-0.2, 0) is 15.7 Å². The molecule has 3 atom stereocenters. The average Bonchev–Trinajstić information content (AvgIpc) is 2.54. The predicted octanol–water partition coefficient (Wildman–Crippen LogP) is 3.74. The molecule has 0 spiro atoms. The van der Waals surface area contributed by atoms with Gasteiger partial charge >= 0.3 is 6.18 Å². The topological polar surface area (TPSA) is 64.3 Å². The van der Waals surface area contributed by atoms with Gasteiger partial charge in [-0.25, -0.2) is 4.39 Å². The first kappa shape index (κ1) is 20.9. The number of fused-ring (bicyclic) bond motifs is 1. The Bertz CT molecular complexity index is 710. The second-order valence-electron chi connectivity index (χ2n) is 7.28. The van der Waals surface area contributed by atoms with Crippen LogP contribution in [0.5, 0.6) is 0 Å². The van der Waals surface area contributed by atoms with Crippen molar-refractivity contribution in [1.29, 1.82) is 0 Å². The van der Waals surface area contributed by atoms with Crippen LogP contribution in [0.1, 0.15) is 32.3 Å². The molecular weight excluding hydrogens is 376 g/mol. The number of nitrogens with one attached hydrogen (secondary N) is 1. The average molecular weight is 397 g/mol. The minimum Gasteiger partial charge on any atom is -0.377 e. The number of rotatable bonds is 2. The first-order valence-electron chi connectivity index (χ1n) is 8.08. The number of halogens is 5. The summed E-state index contributed by atoms with van der Waals surface area (Å²) in [5.74, 6) is -1.88. The summed E-state index contributed by atoms with van der Waals surface area (Å²) in [4.78, 5) is 12.8. The second-order valence-corrected chi connectivity index (χ2v) is 7.28. The first-order valence-corrected chi connectivity index (χ1v) is 8.08. The van der Waals surface area contributed by atoms with Crippen molar-refractivity contribution < 1.29 is 27.1 Å². The SMILES string of the molecule is CC1(C)C2OCCCC2C1(N)C(=O)Nc1cc(C(F)(F)F)ccc1F.Cl. The van der Waals surface area contributed by atoms with Gasteiger partial charge in [0.05, 0.1) is 17.4 Å². The number of alkyl halides is 3. The van der Waals surface area contributed by atoms with Gasteiger partial charge in [-0.05, 0) is 31.0 Å². The van der Waals surface area contributed by atoms with Crippen LogP contribution < -0.4 is 11.1 Å². The maximum absolute atomic E-state index is 13.9. The third kappa shape index (κ3) is 2.97. The number of benzene rings is 1. The van der Waals surface area contributed by atoms with Crippen molar-refractivity contribution in [1.82, 2.24) is 0 Å². The second kappa shape index (κ2) is 6.65. The molecular formula is C17H21ClF4N2O2. The summed E-state index contributed by atoms with van der Waals surface area (Å²) in [5, 5.41) is 2.26. The molecule has 2 fully saturated rings. The molecule has 1 saturated carbocycles. The number of carbonyl (C=O) groups excluding carboxylic acids is 1. The van der Waals surface area contributed by atoms with Gasteiger partial charge in [-0.2, -0.15) is 13.2 Å². The number of hydrogen-bond donors (Lipinski definition) is 2. The van der Waals surface area contributed by atoms with Crippen LogP contribution in [-0.4, -0.2) is 24.2 Å². The van der Waals surface area contributed by atoms with Crippen LogP contribution in [0.15, 0.2) is 18.2 Å². The highest BCUT2D eigenvalue weighted by Gasteiger charge is 2.70. The molecule has 146 valence electrons. The number of carbonyl (C=O) groups is 1. The Labute approximate surface area is 154 Å². The molecule has 1 aliphatic heterocycles. The molecule has 3 N–H and O–H groups in total. The molecule has 9 heteroatoms. The van der Waals surface area contributed by atoms with Crippen molar-refractivity contribution in [3.05, 3.63) is 29.6 Å². The van der Waals surface area contributed by atoms with Crippen LogP contribution in [0.25, 0.3) is 0 Å². The van der Waals surface area contributed by atoms with E-state index in [1.54, 1.807) is 13.8 Å². The van der Waals surface area contributed by atoms with Crippen molar-refractivity contribution in [3.63, 3.8) is 0 Å². The molecule has 1 amide bonds. The van der Waals surface area contributed by atoms with E-state index >= 15 is 0 Å². The minimum atomic E-state index is -4.63. The number of amides is 1. The lowest BCUT2D eigenvalue weighted by Gasteiger charge is -2.65. The van der Waals surface area contributed by atoms with E-state index in [0.29, 0.717) is 31.2 Å².